The second-order valence-corrected chi connectivity index (χ2v) is 11.2. The van der Waals surface area contributed by atoms with Crippen molar-refractivity contribution in [1.82, 2.24) is 4.90 Å². The van der Waals surface area contributed by atoms with Crippen LogP contribution in [0.5, 0.6) is 5.75 Å². The Morgan fingerprint density at radius 2 is 1.69 bits per heavy atom. The summed E-state index contributed by atoms with van der Waals surface area (Å²) in [5.74, 6) is -8.84. The number of likely N-dealkylation sites (N-methyl/N-ethyl adjacent to an activating group) is 1. The molecule has 0 aromatic heterocycles. The van der Waals surface area contributed by atoms with Gasteiger partial charge in [-0.3, -0.25) is 19.3 Å². The topological polar surface area (TPSA) is 182 Å². The molecule has 3 aliphatic carbocycles. The number of nitrogens with zero attached hydrogens (tertiary/aromatic N) is 1. The summed E-state index contributed by atoms with van der Waals surface area (Å²) in [7, 11) is 2.99. The van der Waals surface area contributed by atoms with Gasteiger partial charge in [0.2, 0.25) is 5.78 Å². The monoisotopic (exact) mass is 500 g/mol. The first-order valence-corrected chi connectivity index (χ1v) is 11.7. The number of carbonyl (C=O) groups excluding carboxylic acids is 3. The van der Waals surface area contributed by atoms with E-state index in [1.807, 2.05) is 20.8 Å². The smallest absolute Gasteiger partial charge is 0.255 e. The highest BCUT2D eigenvalue weighted by Crippen LogP contribution is 2.56. The van der Waals surface area contributed by atoms with Gasteiger partial charge < -0.3 is 31.3 Å². The lowest BCUT2D eigenvalue weighted by atomic mass is 9.55. The lowest BCUT2D eigenvalue weighted by Gasteiger charge is -2.53. The second kappa shape index (κ2) is 7.89. The van der Waals surface area contributed by atoms with Gasteiger partial charge in [0.05, 0.1) is 23.6 Å². The van der Waals surface area contributed by atoms with Crippen molar-refractivity contribution in [1.29, 1.82) is 0 Å². The fraction of sp³-hybridized carbons (Fsp3) is 0.500. The van der Waals surface area contributed by atoms with Crippen LogP contribution in [0, 0.1) is 11.8 Å². The summed E-state index contributed by atoms with van der Waals surface area (Å²) >= 11 is 0. The van der Waals surface area contributed by atoms with Gasteiger partial charge in [0.1, 0.15) is 22.8 Å². The van der Waals surface area contributed by atoms with E-state index in [0.29, 0.717) is 11.1 Å². The molecule has 194 valence electrons. The largest absolute Gasteiger partial charge is 0.510 e. The molecule has 0 spiro atoms. The predicted octanol–water partition coefficient (Wildman–Crippen LogP) is 0.950. The van der Waals surface area contributed by atoms with Crippen LogP contribution in [0.15, 0.2) is 34.8 Å². The molecule has 1 amide bonds. The first kappa shape index (κ1) is 25.9. The van der Waals surface area contributed by atoms with Crippen molar-refractivity contribution in [3.63, 3.8) is 0 Å². The highest BCUT2D eigenvalue weighted by atomic mass is 16.4. The number of primary amides is 1. The molecule has 10 heteroatoms. The van der Waals surface area contributed by atoms with E-state index in [1.54, 1.807) is 19.1 Å². The Morgan fingerprint density at radius 3 is 2.19 bits per heavy atom. The number of fused-ring (bicyclic) bond motifs is 3. The Hall–Kier alpha value is -3.21. The van der Waals surface area contributed by atoms with Gasteiger partial charge in [0, 0.05) is 17.1 Å². The normalized spacial score (nSPS) is 32.4. The molecule has 36 heavy (non-hydrogen) atoms. The molecule has 0 fully saturated rings. The van der Waals surface area contributed by atoms with Crippen LogP contribution >= 0.6 is 0 Å². The number of benzene rings is 1. The Morgan fingerprint density at radius 1 is 1.11 bits per heavy atom. The SMILES string of the molecule is CC1c2ccc(C(C)(C)C)c(O)c2C(=O)C2=C(O)C3(O)C(=O)C(C(N)=O)=C(O)C(N(C)C)C3C(O)C21. The molecule has 0 radical (unpaired) electrons. The van der Waals surface area contributed by atoms with E-state index in [0.717, 1.165) is 0 Å². The average Bonchev–Trinajstić information content (AvgIpc) is 2.75. The Labute approximate surface area is 208 Å². The average molecular weight is 501 g/mol. The third-order valence-electron chi connectivity index (χ3n) is 7.94. The van der Waals surface area contributed by atoms with Crippen molar-refractivity contribution in [2.45, 2.75) is 56.8 Å². The van der Waals surface area contributed by atoms with Gasteiger partial charge in [-0.2, -0.15) is 0 Å². The number of aliphatic hydroxyl groups excluding tert-OH is 3. The maximum atomic E-state index is 13.8. The molecule has 3 aliphatic rings. The zero-order chi connectivity index (χ0) is 27.2. The van der Waals surface area contributed by atoms with Crippen LogP contribution < -0.4 is 5.73 Å². The number of hydrogen-bond donors (Lipinski definition) is 6. The maximum Gasteiger partial charge on any atom is 0.255 e. The summed E-state index contributed by atoms with van der Waals surface area (Å²) in [6.07, 6.45) is -1.61. The van der Waals surface area contributed by atoms with Crippen molar-refractivity contribution in [2.75, 3.05) is 14.1 Å². The number of rotatable bonds is 2. The highest BCUT2D eigenvalue weighted by molar-refractivity contribution is 6.25. The van der Waals surface area contributed by atoms with Crippen LogP contribution in [-0.2, 0) is 15.0 Å². The molecular formula is C26H32N2O8. The van der Waals surface area contributed by atoms with Gasteiger partial charge >= 0.3 is 0 Å². The van der Waals surface area contributed by atoms with Crippen molar-refractivity contribution >= 4 is 17.5 Å². The molecule has 7 N–H and O–H groups in total. The van der Waals surface area contributed by atoms with Gasteiger partial charge in [-0.25, -0.2) is 0 Å². The minimum atomic E-state index is -2.92. The molecule has 4 rings (SSSR count). The third-order valence-corrected chi connectivity index (χ3v) is 7.94. The minimum Gasteiger partial charge on any atom is -0.510 e. The zero-order valence-corrected chi connectivity index (χ0v) is 21.0. The van der Waals surface area contributed by atoms with Crippen molar-refractivity contribution in [3.05, 3.63) is 51.5 Å². The van der Waals surface area contributed by atoms with Gasteiger partial charge in [-0.1, -0.05) is 39.8 Å². The Kier molecular flexibility index (Phi) is 5.67. The van der Waals surface area contributed by atoms with E-state index < -0.39 is 81.1 Å². The van der Waals surface area contributed by atoms with Crippen LogP contribution in [0.1, 0.15) is 55.1 Å². The van der Waals surface area contributed by atoms with E-state index in [4.69, 9.17) is 5.73 Å². The minimum absolute atomic E-state index is 0.0806. The lowest BCUT2D eigenvalue weighted by Crippen LogP contribution is -2.68. The van der Waals surface area contributed by atoms with E-state index in [1.165, 1.54) is 19.0 Å². The highest BCUT2D eigenvalue weighted by Gasteiger charge is 2.67. The van der Waals surface area contributed by atoms with Gasteiger partial charge in [-0.05, 0) is 31.0 Å². The second-order valence-electron chi connectivity index (χ2n) is 11.2. The summed E-state index contributed by atoms with van der Waals surface area (Å²) in [6, 6.07) is 2.12. The van der Waals surface area contributed by atoms with Crippen LogP contribution in [0.2, 0.25) is 0 Å². The summed E-state index contributed by atoms with van der Waals surface area (Å²) < 4.78 is 0. The number of aromatic hydroxyl groups is 1. The number of phenols is 1. The molecule has 0 heterocycles. The lowest BCUT2D eigenvalue weighted by molar-refractivity contribution is -0.162. The number of phenolic OH excluding ortho intramolecular Hbond substituents is 1. The quantitative estimate of drug-likeness (QED) is 0.322. The summed E-state index contributed by atoms with van der Waals surface area (Å²) in [5.41, 5.74) is 1.40. The number of Topliss-reactive ketones (excluding diaryl/α,β-unsaturated/α-hetero) is 2. The Bertz CT molecular complexity index is 1270. The van der Waals surface area contributed by atoms with E-state index in [2.05, 4.69) is 0 Å². The number of aliphatic hydroxyl groups is 4. The Balaban J connectivity index is 2.05. The first-order chi connectivity index (χ1) is 16.5. The molecule has 6 atom stereocenters. The summed E-state index contributed by atoms with van der Waals surface area (Å²) in [6.45, 7) is 7.27. The van der Waals surface area contributed by atoms with E-state index in [-0.39, 0.29) is 11.3 Å². The first-order valence-electron chi connectivity index (χ1n) is 11.7. The molecule has 0 saturated carbocycles. The molecule has 1 aromatic rings. The molecule has 0 aliphatic heterocycles. The van der Waals surface area contributed by atoms with Gasteiger partial charge in [0.25, 0.3) is 5.91 Å². The van der Waals surface area contributed by atoms with Crippen LogP contribution in [0.4, 0.5) is 0 Å². The van der Waals surface area contributed by atoms with Crippen molar-refractivity contribution < 1.29 is 39.9 Å². The van der Waals surface area contributed by atoms with E-state index in [9.17, 15) is 39.9 Å². The number of nitrogens with two attached hydrogens (primary N) is 1. The molecule has 10 nitrogen and oxygen atoms in total. The van der Waals surface area contributed by atoms with Crippen molar-refractivity contribution in [3.8, 4) is 5.75 Å². The fourth-order valence-electron chi connectivity index (χ4n) is 6.23. The van der Waals surface area contributed by atoms with Crippen LogP contribution in [-0.4, -0.2) is 79.7 Å². The number of carbonyl (C=O) groups is 3. The third kappa shape index (κ3) is 3.11. The standard InChI is InChI=1S/C26H32N2O8/c1-9-10-7-8-11(25(2,3)4)18(29)13(10)19(30)14-12(9)20(31)16-17(28(5)6)21(32)15(24(27)35)23(34)26(16,36)22(14)33/h7-9,12,16-17,20,29,31-33,36H,1-6H3,(H2,27,35). The number of amides is 1. The van der Waals surface area contributed by atoms with E-state index >= 15 is 0 Å². The fourth-order valence-corrected chi connectivity index (χ4v) is 6.23. The molecule has 6 unspecified atom stereocenters. The number of ketones is 2. The number of hydrogen-bond acceptors (Lipinski definition) is 9. The van der Waals surface area contributed by atoms with Gasteiger partial charge in [0.15, 0.2) is 11.4 Å². The van der Waals surface area contributed by atoms with Gasteiger partial charge in [-0.15, -0.1) is 0 Å². The predicted molar refractivity (Wildman–Crippen MR) is 128 cm³/mol. The van der Waals surface area contributed by atoms with Crippen molar-refractivity contribution in [2.24, 2.45) is 17.6 Å². The molecule has 0 bridgehead atoms. The summed E-state index contributed by atoms with van der Waals surface area (Å²) in [5, 5.41) is 56.6. The maximum absolute atomic E-state index is 13.8. The molecule has 0 saturated heterocycles. The van der Waals surface area contributed by atoms with Crippen LogP contribution in [0.3, 0.4) is 0 Å². The zero-order valence-electron chi connectivity index (χ0n) is 21.0. The van der Waals surface area contributed by atoms with Crippen LogP contribution in [0.25, 0.3) is 0 Å². The molecule has 1 aromatic carbocycles. The summed E-state index contributed by atoms with van der Waals surface area (Å²) in [4.78, 5) is 40.6. The molecular weight excluding hydrogens is 468 g/mol.